The minimum atomic E-state index is -1.07. The normalized spacial score (nSPS) is 12.0. The molecule has 1 atom stereocenters. The molecule has 0 aromatic heterocycles. The molecular weight excluding hydrogens is 653 g/mol. The molecular formula is C16H19I3O5. The van der Waals surface area contributed by atoms with Gasteiger partial charge in [-0.3, -0.25) is 4.89 Å². The van der Waals surface area contributed by atoms with E-state index in [2.05, 4.69) is 6.92 Å². The summed E-state index contributed by atoms with van der Waals surface area (Å²) < 4.78 is 1.58. The molecule has 1 rings (SSSR count). The first-order valence-electron chi connectivity index (χ1n) is 7.58. The molecule has 0 saturated carbocycles. The molecule has 24 heavy (non-hydrogen) atoms. The van der Waals surface area contributed by atoms with Crippen LogP contribution in [-0.4, -0.2) is 23.1 Å². The molecule has 0 saturated heterocycles. The van der Waals surface area contributed by atoms with Gasteiger partial charge in [-0.25, -0.2) is 9.59 Å². The Kier molecular flexibility index (Phi) is 10.4. The first-order chi connectivity index (χ1) is 11.3. The molecule has 0 aliphatic heterocycles. The van der Waals surface area contributed by atoms with Gasteiger partial charge >= 0.3 is 11.9 Å². The fourth-order valence-corrected chi connectivity index (χ4v) is 6.32. The Morgan fingerprint density at radius 2 is 1.75 bits per heavy atom. The van der Waals surface area contributed by atoms with E-state index in [4.69, 9.17) is 9.78 Å². The zero-order valence-electron chi connectivity index (χ0n) is 13.4. The van der Waals surface area contributed by atoms with Crippen molar-refractivity contribution in [2.75, 3.05) is 0 Å². The highest BCUT2D eigenvalue weighted by atomic mass is 127. The van der Waals surface area contributed by atoms with Crippen LogP contribution in [0.5, 0.6) is 0 Å². The summed E-state index contributed by atoms with van der Waals surface area (Å²) in [4.78, 5) is 33.8. The second-order valence-electron chi connectivity index (χ2n) is 5.34. The molecule has 0 fully saturated rings. The summed E-state index contributed by atoms with van der Waals surface area (Å²) in [7, 11) is 0. The average Bonchev–Trinajstić information content (AvgIpc) is 2.48. The van der Waals surface area contributed by atoms with Gasteiger partial charge in [0.2, 0.25) is 0 Å². The van der Waals surface area contributed by atoms with Gasteiger partial charge in [0.05, 0.1) is 11.1 Å². The molecule has 0 heterocycles. The Hall–Kier alpha value is 0.310. The Bertz CT molecular complexity index is 604. The molecule has 1 N–H and O–H groups in total. The molecule has 0 aliphatic carbocycles. The third kappa shape index (κ3) is 6.56. The van der Waals surface area contributed by atoms with Crippen LogP contribution in [0, 0.1) is 10.7 Å². The van der Waals surface area contributed by atoms with Gasteiger partial charge in [-0.15, -0.1) is 0 Å². The SMILES string of the molecule is CCCCCCC(C)OOC(=O)c1c(I)cc(I)c(C(=O)O)c1I. The van der Waals surface area contributed by atoms with Gasteiger partial charge in [0, 0.05) is 10.7 Å². The van der Waals surface area contributed by atoms with Gasteiger partial charge in [-0.1, -0.05) is 32.6 Å². The summed E-state index contributed by atoms with van der Waals surface area (Å²) in [6, 6.07) is 1.65. The molecule has 1 aromatic rings. The van der Waals surface area contributed by atoms with Crippen LogP contribution in [0.25, 0.3) is 0 Å². The van der Waals surface area contributed by atoms with Crippen molar-refractivity contribution in [1.29, 1.82) is 0 Å². The Morgan fingerprint density at radius 1 is 1.12 bits per heavy atom. The number of unbranched alkanes of at least 4 members (excludes halogenated alkanes) is 3. The maximum Gasteiger partial charge on any atom is 0.375 e. The van der Waals surface area contributed by atoms with E-state index in [0.717, 1.165) is 19.3 Å². The van der Waals surface area contributed by atoms with E-state index >= 15 is 0 Å². The summed E-state index contributed by atoms with van der Waals surface area (Å²) in [5.41, 5.74) is 0.336. The third-order valence-electron chi connectivity index (χ3n) is 3.34. The summed E-state index contributed by atoms with van der Waals surface area (Å²) in [6.45, 7) is 4.00. The van der Waals surface area contributed by atoms with E-state index < -0.39 is 11.9 Å². The molecule has 0 bridgehead atoms. The lowest BCUT2D eigenvalue weighted by Crippen LogP contribution is -2.17. The highest BCUT2D eigenvalue weighted by Crippen LogP contribution is 2.28. The van der Waals surface area contributed by atoms with Crippen LogP contribution < -0.4 is 0 Å². The van der Waals surface area contributed by atoms with Crippen molar-refractivity contribution in [3.05, 3.63) is 27.9 Å². The van der Waals surface area contributed by atoms with Crippen LogP contribution in [0.4, 0.5) is 0 Å². The summed E-state index contributed by atoms with van der Waals surface area (Å²) in [6.07, 6.45) is 5.13. The molecule has 0 spiro atoms. The lowest BCUT2D eigenvalue weighted by Gasteiger charge is -2.14. The number of carboxylic acid groups (broad SMARTS) is 1. The number of benzene rings is 1. The summed E-state index contributed by atoms with van der Waals surface area (Å²) in [5, 5.41) is 9.31. The van der Waals surface area contributed by atoms with Gasteiger partial charge in [0.1, 0.15) is 6.10 Å². The zero-order valence-corrected chi connectivity index (χ0v) is 19.9. The zero-order chi connectivity index (χ0) is 18.3. The largest absolute Gasteiger partial charge is 0.478 e. The van der Waals surface area contributed by atoms with Crippen LogP contribution in [0.2, 0.25) is 0 Å². The van der Waals surface area contributed by atoms with E-state index in [0.29, 0.717) is 10.7 Å². The fourth-order valence-electron chi connectivity index (χ4n) is 2.05. The van der Waals surface area contributed by atoms with Crippen LogP contribution in [0.15, 0.2) is 6.07 Å². The van der Waals surface area contributed by atoms with E-state index in [9.17, 15) is 14.7 Å². The lowest BCUT2D eigenvalue weighted by atomic mass is 10.1. The molecule has 134 valence electrons. The number of hydrogen-bond donors (Lipinski definition) is 1. The standard InChI is InChI=1S/C16H19I3O5/c1-3-4-5-6-7-9(2)23-24-16(22)13-11(18)8-10(17)12(14(13)19)15(20)21/h8-9H,3-7H2,1-2H3,(H,20,21). The predicted octanol–water partition coefficient (Wildman–Crippen LogP) is 5.65. The Morgan fingerprint density at radius 3 is 2.33 bits per heavy atom. The highest BCUT2D eigenvalue weighted by molar-refractivity contribution is 14.1. The van der Waals surface area contributed by atoms with Crippen molar-refractivity contribution in [2.45, 2.75) is 52.1 Å². The summed E-state index contributed by atoms with van der Waals surface area (Å²) >= 11 is 5.81. The number of rotatable bonds is 9. The van der Waals surface area contributed by atoms with Crippen LogP contribution in [0.1, 0.15) is 66.7 Å². The molecule has 0 amide bonds. The lowest BCUT2D eigenvalue weighted by molar-refractivity contribution is -0.271. The van der Waals surface area contributed by atoms with Crippen molar-refractivity contribution < 1.29 is 24.5 Å². The van der Waals surface area contributed by atoms with Gasteiger partial charge < -0.3 is 5.11 Å². The minimum Gasteiger partial charge on any atom is -0.478 e. The van der Waals surface area contributed by atoms with Crippen molar-refractivity contribution in [2.24, 2.45) is 0 Å². The Balaban J connectivity index is 2.75. The number of carbonyl (C=O) groups excluding carboxylic acids is 1. The van der Waals surface area contributed by atoms with E-state index in [1.165, 1.54) is 12.8 Å². The average molecular weight is 672 g/mol. The van der Waals surface area contributed by atoms with Crippen molar-refractivity contribution in [3.8, 4) is 0 Å². The maximum absolute atomic E-state index is 12.3. The topological polar surface area (TPSA) is 72.8 Å². The van der Waals surface area contributed by atoms with E-state index in [-0.39, 0.29) is 17.2 Å². The van der Waals surface area contributed by atoms with Gasteiger partial charge in [-0.05, 0) is 87.2 Å². The smallest absolute Gasteiger partial charge is 0.375 e. The Labute approximate surface area is 182 Å². The maximum atomic E-state index is 12.3. The van der Waals surface area contributed by atoms with Crippen molar-refractivity contribution in [3.63, 3.8) is 0 Å². The number of aromatic carboxylic acids is 1. The van der Waals surface area contributed by atoms with E-state index in [1.54, 1.807) is 6.07 Å². The van der Waals surface area contributed by atoms with E-state index in [1.807, 2.05) is 74.7 Å². The molecule has 5 nitrogen and oxygen atoms in total. The molecule has 8 heteroatoms. The molecule has 0 aliphatic rings. The predicted molar refractivity (Wildman–Crippen MR) is 116 cm³/mol. The quantitative estimate of drug-likeness (QED) is 0.159. The molecule has 0 radical (unpaired) electrons. The second-order valence-corrected chi connectivity index (χ2v) is 8.74. The van der Waals surface area contributed by atoms with Crippen LogP contribution >= 0.6 is 67.8 Å². The number of halogens is 3. The minimum absolute atomic E-state index is 0.108. The molecule has 1 aromatic carbocycles. The van der Waals surface area contributed by atoms with Crippen LogP contribution in [-0.2, 0) is 9.78 Å². The van der Waals surface area contributed by atoms with Crippen molar-refractivity contribution >= 4 is 79.7 Å². The molecule has 1 unspecified atom stereocenters. The monoisotopic (exact) mass is 672 g/mol. The highest BCUT2D eigenvalue weighted by Gasteiger charge is 2.25. The fraction of sp³-hybridized carbons (Fsp3) is 0.500. The third-order valence-corrected chi connectivity index (χ3v) is 6.12. The summed E-state index contributed by atoms with van der Waals surface area (Å²) in [5.74, 6) is -1.73. The van der Waals surface area contributed by atoms with Gasteiger partial charge in [0.15, 0.2) is 0 Å². The van der Waals surface area contributed by atoms with Crippen molar-refractivity contribution in [1.82, 2.24) is 0 Å². The number of carboxylic acids is 1. The number of hydrogen-bond acceptors (Lipinski definition) is 4. The first-order valence-corrected chi connectivity index (χ1v) is 10.8. The van der Waals surface area contributed by atoms with Gasteiger partial charge in [0.25, 0.3) is 0 Å². The van der Waals surface area contributed by atoms with Crippen LogP contribution in [0.3, 0.4) is 0 Å². The van der Waals surface area contributed by atoms with Gasteiger partial charge in [-0.2, -0.15) is 4.89 Å². The number of carbonyl (C=O) groups is 2. The second kappa shape index (κ2) is 11.1. The first kappa shape index (κ1) is 22.4.